The van der Waals surface area contributed by atoms with E-state index in [1.807, 2.05) is 67.6 Å². The van der Waals surface area contributed by atoms with Gasteiger partial charge in [0.2, 0.25) is 0 Å². The van der Waals surface area contributed by atoms with Crippen molar-refractivity contribution in [2.24, 2.45) is 27.7 Å². The lowest BCUT2D eigenvalue weighted by atomic mass is 9.88. The molecule has 0 aromatic heterocycles. The van der Waals surface area contributed by atoms with Crippen LogP contribution in [0.2, 0.25) is 0 Å². The molecule has 48 heavy (non-hydrogen) atoms. The zero-order valence-corrected chi connectivity index (χ0v) is 30.6. The van der Waals surface area contributed by atoms with Gasteiger partial charge in [0.05, 0.1) is 18.9 Å². The molecule has 264 valence electrons. The van der Waals surface area contributed by atoms with Crippen LogP contribution in [0.15, 0.2) is 65.7 Å². The van der Waals surface area contributed by atoms with Crippen molar-refractivity contribution in [2.75, 3.05) is 13.2 Å². The van der Waals surface area contributed by atoms with Gasteiger partial charge in [-0.1, -0.05) is 88.4 Å². The summed E-state index contributed by atoms with van der Waals surface area (Å²) in [6.07, 6.45) is 5.41. The van der Waals surface area contributed by atoms with Gasteiger partial charge in [-0.15, -0.1) is 0 Å². The third-order valence-corrected chi connectivity index (χ3v) is 9.03. The number of carbonyl (C=O) groups excluding carboxylic acids is 3. The number of alkyl carbamates (subject to hydrolysis) is 1. The minimum Gasteiger partial charge on any atom is -0.464 e. The quantitative estimate of drug-likeness (QED) is 0.155. The van der Waals surface area contributed by atoms with Crippen LogP contribution in [0.1, 0.15) is 112 Å². The van der Waals surface area contributed by atoms with E-state index in [4.69, 9.17) is 19.2 Å². The lowest BCUT2D eigenvalue weighted by Crippen LogP contribution is -2.48. The van der Waals surface area contributed by atoms with Gasteiger partial charge < -0.3 is 19.5 Å². The number of hydrogen-bond donors (Lipinski definition) is 1. The minimum absolute atomic E-state index is 0.103. The number of benzene rings is 2. The van der Waals surface area contributed by atoms with Crippen LogP contribution in [0.5, 0.6) is 0 Å². The van der Waals surface area contributed by atoms with E-state index in [1.54, 1.807) is 27.7 Å². The molecule has 2 aliphatic rings. The fourth-order valence-electron chi connectivity index (χ4n) is 6.79. The molecule has 1 amide bonds. The molecule has 4 rings (SSSR count). The molecule has 0 heterocycles. The lowest BCUT2D eigenvalue weighted by Gasteiger charge is -2.26. The van der Waals surface area contributed by atoms with E-state index in [9.17, 15) is 14.4 Å². The maximum Gasteiger partial charge on any atom is 0.408 e. The van der Waals surface area contributed by atoms with Crippen LogP contribution in [0.3, 0.4) is 0 Å². The topological polar surface area (TPSA) is 103 Å². The Balaban J connectivity index is 0.000000270. The molecule has 2 saturated carbocycles. The predicted molar refractivity (Wildman–Crippen MR) is 191 cm³/mol. The van der Waals surface area contributed by atoms with E-state index < -0.39 is 23.8 Å². The summed E-state index contributed by atoms with van der Waals surface area (Å²) < 4.78 is 15.8. The zero-order valence-electron chi connectivity index (χ0n) is 30.6. The summed E-state index contributed by atoms with van der Waals surface area (Å²) in [5.74, 6) is -0.247. The summed E-state index contributed by atoms with van der Waals surface area (Å²) in [4.78, 5) is 41.9. The highest BCUT2D eigenvalue weighted by Crippen LogP contribution is 2.44. The Kier molecular flexibility index (Phi) is 13.8. The van der Waals surface area contributed by atoms with Gasteiger partial charge in [0.1, 0.15) is 11.6 Å². The molecular formula is C40H58N2O6. The lowest BCUT2D eigenvalue weighted by molar-refractivity contribution is -0.147. The second kappa shape index (κ2) is 17.1. The summed E-state index contributed by atoms with van der Waals surface area (Å²) >= 11 is 0. The number of nitrogens with zero attached hydrogens (tertiary/aromatic N) is 1. The first-order valence-corrected chi connectivity index (χ1v) is 17.6. The van der Waals surface area contributed by atoms with Gasteiger partial charge in [-0.05, 0) is 95.8 Å². The molecule has 4 atom stereocenters. The summed E-state index contributed by atoms with van der Waals surface area (Å²) in [7, 11) is 0. The summed E-state index contributed by atoms with van der Waals surface area (Å²) in [5, 5.41) is 2.70. The Labute approximate surface area is 288 Å². The fraction of sp³-hybridized carbons (Fsp3) is 0.600. The summed E-state index contributed by atoms with van der Waals surface area (Å²) in [6, 6.07) is 19.1. The Bertz CT molecular complexity index is 1320. The molecule has 8 nitrogen and oxygen atoms in total. The highest BCUT2D eigenvalue weighted by molar-refractivity contribution is 6.13. The average molecular weight is 663 g/mol. The molecule has 4 unspecified atom stereocenters. The number of esters is 2. The molecule has 0 spiro atoms. The average Bonchev–Trinajstić information content (AvgIpc) is 3.57. The van der Waals surface area contributed by atoms with Crippen LogP contribution >= 0.6 is 0 Å². The Morgan fingerprint density at radius 1 is 0.771 bits per heavy atom. The second-order valence-electron chi connectivity index (χ2n) is 15.6. The molecule has 1 N–H and O–H groups in total. The molecule has 8 heteroatoms. The molecule has 0 saturated heterocycles. The Morgan fingerprint density at radius 2 is 1.23 bits per heavy atom. The van der Waals surface area contributed by atoms with Crippen molar-refractivity contribution in [2.45, 2.75) is 119 Å². The fourth-order valence-corrected chi connectivity index (χ4v) is 6.79. The van der Waals surface area contributed by atoms with Crippen molar-refractivity contribution >= 4 is 23.7 Å². The molecule has 0 aliphatic heterocycles. The SMILES string of the molecule is CCOC(=O)C(N=C(c1ccccc1)c1ccccc1)C1CCC(C)(C)C1.CCOC(=O)C(NC(=O)OC(C)(C)C)C1CCC(C)(C)C1. The van der Waals surface area contributed by atoms with Crippen LogP contribution in [-0.2, 0) is 23.8 Å². The number of amides is 1. The molecular weight excluding hydrogens is 604 g/mol. The molecule has 2 fully saturated rings. The van der Waals surface area contributed by atoms with Crippen molar-refractivity contribution in [1.29, 1.82) is 0 Å². The van der Waals surface area contributed by atoms with Crippen molar-refractivity contribution in [1.82, 2.24) is 5.32 Å². The van der Waals surface area contributed by atoms with Crippen molar-refractivity contribution in [3.05, 3.63) is 71.8 Å². The largest absolute Gasteiger partial charge is 0.464 e. The number of hydrogen-bond acceptors (Lipinski definition) is 7. The summed E-state index contributed by atoms with van der Waals surface area (Å²) in [5.41, 5.74) is 2.78. The van der Waals surface area contributed by atoms with Gasteiger partial charge in [-0.25, -0.2) is 14.4 Å². The number of ether oxygens (including phenoxy) is 3. The number of rotatable bonds is 10. The van der Waals surface area contributed by atoms with Gasteiger partial charge in [0.15, 0.2) is 6.04 Å². The Morgan fingerprint density at radius 3 is 1.65 bits per heavy atom. The summed E-state index contributed by atoms with van der Waals surface area (Å²) in [6.45, 7) is 18.6. The van der Waals surface area contributed by atoms with E-state index in [1.165, 1.54) is 0 Å². The maximum atomic E-state index is 12.8. The van der Waals surface area contributed by atoms with Gasteiger partial charge in [0, 0.05) is 11.1 Å². The van der Waals surface area contributed by atoms with Crippen molar-refractivity contribution in [3.63, 3.8) is 0 Å². The van der Waals surface area contributed by atoms with Crippen LogP contribution < -0.4 is 5.32 Å². The van der Waals surface area contributed by atoms with Gasteiger partial charge in [0.25, 0.3) is 0 Å². The van der Waals surface area contributed by atoms with Gasteiger partial charge in [-0.3, -0.25) is 4.99 Å². The van der Waals surface area contributed by atoms with Crippen LogP contribution in [-0.4, -0.2) is 54.6 Å². The third-order valence-electron chi connectivity index (χ3n) is 9.03. The highest BCUT2D eigenvalue weighted by atomic mass is 16.6. The van der Waals surface area contributed by atoms with Crippen molar-refractivity contribution < 1.29 is 28.6 Å². The van der Waals surface area contributed by atoms with Crippen LogP contribution in [0, 0.1) is 22.7 Å². The normalized spacial score (nSPS) is 20.7. The predicted octanol–water partition coefficient (Wildman–Crippen LogP) is 8.55. The first-order chi connectivity index (χ1) is 22.5. The van der Waals surface area contributed by atoms with Gasteiger partial charge >= 0.3 is 18.0 Å². The smallest absolute Gasteiger partial charge is 0.408 e. The monoisotopic (exact) mass is 662 g/mol. The van der Waals surface area contributed by atoms with Crippen LogP contribution in [0.25, 0.3) is 0 Å². The van der Waals surface area contributed by atoms with E-state index >= 15 is 0 Å². The molecule has 0 bridgehead atoms. The van der Waals surface area contributed by atoms with Crippen molar-refractivity contribution in [3.8, 4) is 0 Å². The first-order valence-electron chi connectivity index (χ1n) is 17.6. The third kappa shape index (κ3) is 12.1. The second-order valence-corrected chi connectivity index (χ2v) is 15.6. The van der Waals surface area contributed by atoms with E-state index in [-0.39, 0.29) is 34.6 Å². The zero-order chi connectivity index (χ0) is 35.5. The number of aliphatic imine (C=N–C) groups is 1. The highest BCUT2D eigenvalue weighted by Gasteiger charge is 2.41. The first kappa shape index (κ1) is 38.8. The standard InChI is InChI=1S/C24H29NO2.C16H29NO4/c1-4-27-23(26)22(20-15-16-24(2,3)17-20)25-21(18-11-7-5-8-12-18)19-13-9-6-10-14-19;1-7-20-13(18)12(11-8-9-16(5,6)10-11)17-14(19)21-15(2,3)4/h5-14,20,22H,4,15-17H2,1-3H3;11-12H,7-10H2,1-6H3,(H,17,19). The van der Waals surface area contributed by atoms with E-state index in [0.29, 0.717) is 13.2 Å². The molecule has 2 aromatic rings. The Hall–Kier alpha value is -3.68. The van der Waals surface area contributed by atoms with Crippen LogP contribution in [0.4, 0.5) is 4.79 Å². The molecule has 0 radical (unpaired) electrons. The number of nitrogens with one attached hydrogen (secondary N) is 1. The van der Waals surface area contributed by atoms with E-state index in [2.05, 4.69) is 33.0 Å². The maximum absolute atomic E-state index is 12.8. The van der Waals surface area contributed by atoms with Gasteiger partial charge in [-0.2, -0.15) is 0 Å². The molecule has 2 aliphatic carbocycles. The van der Waals surface area contributed by atoms with E-state index in [0.717, 1.165) is 55.4 Å². The minimum atomic E-state index is -0.624. The molecule has 2 aromatic carbocycles. The number of carbonyl (C=O) groups is 3.